The largest absolute Gasteiger partial charge is 0.465 e. The van der Waals surface area contributed by atoms with E-state index in [2.05, 4.69) is 49.8 Å². The number of thiophene rings is 1. The zero-order valence-corrected chi connectivity index (χ0v) is 17.0. The van der Waals surface area contributed by atoms with Crippen molar-refractivity contribution in [1.82, 2.24) is 4.57 Å². The summed E-state index contributed by atoms with van der Waals surface area (Å²) < 4.78 is 6.89. The molecule has 1 atom stereocenters. The van der Waals surface area contributed by atoms with Gasteiger partial charge >= 0.3 is 12.0 Å². The molecule has 0 aliphatic rings. The second-order valence-electron chi connectivity index (χ2n) is 7.28. The number of aromatic nitrogens is 1. The third-order valence-corrected chi connectivity index (χ3v) is 5.70. The summed E-state index contributed by atoms with van der Waals surface area (Å²) in [6, 6.07) is 3.66. The molecule has 0 bridgehead atoms. The molecule has 0 spiro atoms. The number of ether oxygens (including phenoxy) is 1. The molecule has 2 amide bonds. The minimum atomic E-state index is -0.455. The predicted octanol–water partition coefficient (Wildman–Crippen LogP) is 5.25. The number of hydrogen-bond donors (Lipinski definition) is 2. The fraction of sp³-hybridized carbons (Fsp3) is 0.474. The van der Waals surface area contributed by atoms with Crippen molar-refractivity contribution in [3.63, 3.8) is 0 Å². The number of amides is 2. The van der Waals surface area contributed by atoms with Crippen molar-refractivity contribution in [2.75, 3.05) is 17.7 Å². The Bertz CT molecular complexity index is 786. The Morgan fingerprint density at radius 2 is 2.00 bits per heavy atom. The third kappa shape index (κ3) is 4.66. The molecule has 0 aliphatic carbocycles. The first kappa shape index (κ1) is 20.0. The molecular weight excluding hydrogens is 350 g/mol. The number of urea groups is 1. The van der Waals surface area contributed by atoms with E-state index in [9.17, 15) is 9.59 Å². The second kappa shape index (κ2) is 7.95. The maximum absolute atomic E-state index is 12.4. The second-order valence-corrected chi connectivity index (χ2v) is 8.33. The standard InChI is InChI=1S/C19H27N3O3S/c1-7-12(2)22-9-8-13(11-22)20-18(24)21-14-10-15(19(3,4)5)26-16(14)17(23)25-6/h8-12H,7H2,1-6H3,(H2,20,21,24)/t12-/m1/s1. The first-order chi connectivity index (χ1) is 12.2. The van der Waals surface area contributed by atoms with E-state index in [1.165, 1.54) is 18.4 Å². The number of anilines is 2. The molecule has 0 aliphatic heterocycles. The SMILES string of the molecule is CC[C@@H](C)n1ccc(NC(=O)Nc2cc(C(C)(C)C)sc2C(=O)OC)c1. The zero-order chi connectivity index (χ0) is 19.5. The van der Waals surface area contributed by atoms with Crippen LogP contribution in [0.1, 0.15) is 61.6 Å². The van der Waals surface area contributed by atoms with E-state index in [0.717, 1.165) is 11.3 Å². The van der Waals surface area contributed by atoms with E-state index >= 15 is 0 Å². The fourth-order valence-electron chi connectivity index (χ4n) is 2.35. The minimum Gasteiger partial charge on any atom is -0.465 e. The van der Waals surface area contributed by atoms with Crippen molar-refractivity contribution < 1.29 is 14.3 Å². The van der Waals surface area contributed by atoms with E-state index in [1.807, 2.05) is 24.5 Å². The van der Waals surface area contributed by atoms with Crippen molar-refractivity contribution >= 4 is 34.7 Å². The van der Waals surface area contributed by atoms with Gasteiger partial charge in [0.15, 0.2) is 0 Å². The van der Waals surface area contributed by atoms with Crippen LogP contribution in [-0.2, 0) is 10.2 Å². The molecular formula is C19H27N3O3S. The van der Waals surface area contributed by atoms with Gasteiger partial charge in [0.2, 0.25) is 0 Å². The Morgan fingerprint density at radius 3 is 2.58 bits per heavy atom. The first-order valence-corrected chi connectivity index (χ1v) is 9.45. The van der Waals surface area contributed by atoms with Crippen LogP contribution in [0, 0.1) is 0 Å². The lowest BCUT2D eigenvalue weighted by molar-refractivity contribution is 0.0607. The van der Waals surface area contributed by atoms with Crippen LogP contribution >= 0.6 is 11.3 Å². The van der Waals surface area contributed by atoms with Gasteiger partial charge in [-0.1, -0.05) is 27.7 Å². The highest BCUT2D eigenvalue weighted by Gasteiger charge is 2.24. The van der Waals surface area contributed by atoms with Gasteiger partial charge in [0.05, 0.1) is 18.5 Å². The van der Waals surface area contributed by atoms with Gasteiger partial charge in [-0.3, -0.25) is 0 Å². The molecule has 2 aromatic rings. The number of carbonyl (C=O) groups excluding carboxylic acids is 2. The van der Waals surface area contributed by atoms with Crippen molar-refractivity contribution in [2.45, 2.75) is 52.5 Å². The maximum Gasteiger partial charge on any atom is 0.350 e. The Labute approximate surface area is 158 Å². The predicted molar refractivity (Wildman–Crippen MR) is 106 cm³/mol. The van der Waals surface area contributed by atoms with E-state index in [4.69, 9.17) is 4.74 Å². The van der Waals surface area contributed by atoms with Crippen molar-refractivity contribution in [1.29, 1.82) is 0 Å². The van der Waals surface area contributed by atoms with Crippen molar-refractivity contribution in [3.8, 4) is 0 Å². The lowest BCUT2D eigenvalue weighted by atomic mass is 9.94. The fourth-order valence-corrected chi connectivity index (χ4v) is 3.44. The molecule has 0 radical (unpaired) electrons. The molecule has 2 heterocycles. The van der Waals surface area contributed by atoms with Gasteiger partial charge in [0.25, 0.3) is 0 Å². The lowest BCUT2D eigenvalue weighted by Crippen LogP contribution is -2.20. The average molecular weight is 378 g/mol. The van der Waals surface area contributed by atoms with Crippen LogP contribution in [0.25, 0.3) is 0 Å². The van der Waals surface area contributed by atoms with Crippen molar-refractivity contribution in [2.24, 2.45) is 0 Å². The average Bonchev–Trinajstić information content (AvgIpc) is 3.20. The van der Waals surface area contributed by atoms with E-state index in [1.54, 1.807) is 0 Å². The maximum atomic E-state index is 12.4. The molecule has 0 fully saturated rings. The van der Waals surface area contributed by atoms with Crippen LogP contribution < -0.4 is 10.6 Å². The summed E-state index contributed by atoms with van der Waals surface area (Å²) in [5.74, 6) is -0.455. The molecule has 2 rings (SSSR count). The zero-order valence-electron chi connectivity index (χ0n) is 16.2. The van der Waals surface area contributed by atoms with E-state index in [0.29, 0.717) is 22.3 Å². The van der Waals surface area contributed by atoms with Crippen LogP contribution in [0.5, 0.6) is 0 Å². The molecule has 0 unspecified atom stereocenters. The molecule has 7 heteroatoms. The molecule has 0 saturated carbocycles. The number of nitrogens with zero attached hydrogens (tertiary/aromatic N) is 1. The third-order valence-electron chi connectivity index (χ3n) is 4.16. The van der Waals surface area contributed by atoms with Gasteiger partial charge in [0, 0.05) is 23.3 Å². The molecule has 0 aromatic carbocycles. The molecule has 2 N–H and O–H groups in total. The van der Waals surface area contributed by atoms with Gasteiger partial charge < -0.3 is 19.9 Å². The summed E-state index contributed by atoms with van der Waals surface area (Å²) in [5, 5.41) is 5.57. The first-order valence-electron chi connectivity index (χ1n) is 8.63. The Hall–Kier alpha value is -2.28. The minimum absolute atomic E-state index is 0.128. The number of hydrogen-bond acceptors (Lipinski definition) is 4. The lowest BCUT2D eigenvalue weighted by Gasteiger charge is -2.15. The summed E-state index contributed by atoms with van der Waals surface area (Å²) in [7, 11) is 1.33. The number of carbonyl (C=O) groups is 2. The smallest absolute Gasteiger partial charge is 0.350 e. The summed E-state index contributed by atoms with van der Waals surface area (Å²) in [6.07, 6.45) is 4.84. The molecule has 26 heavy (non-hydrogen) atoms. The summed E-state index contributed by atoms with van der Waals surface area (Å²) in [6.45, 7) is 10.4. The van der Waals surface area contributed by atoms with Crippen LogP contribution in [0.3, 0.4) is 0 Å². The van der Waals surface area contributed by atoms with Crippen LogP contribution in [-0.4, -0.2) is 23.7 Å². The quantitative estimate of drug-likeness (QED) is 0.699. The van der Waals surface area contributed by atoms with Crippen LogP contribution in [0.15, 0.2) is 24.5 Å². The van der Waals surface area contributed by atoms with Gasteiger partial charge in [-0.25, -0.2) is 9.59 Å². The number of nitrogens with one attached hydrogen (secondary N) is 2. The van der Waals surface area contributed by atoms with E-state index in [-0.39, 0.29) is 5.41 Å². The molecule has 0 saturated heterocycles. The highest BCUT2D eigenvalue weighted by Crippen LogP contribution is 2.36. The summed E-state index contributed by atoms with van der Waals surface area (Å²) in [4.78, 5) is 25.8. The molecule has 142 valence electrons. The Morgan fingerprint density at radius 1 is 1.31 bits per heavy atom. The number of methoxy groups -OCH3 is 1. The normalized spacial score (nSPS) is 12.5. The van der Waals surface area contributed by atoms with E-state index < -0.39 is 12.0 Å². The topological polar surface area (TPSA) is 72.4 Å². The van der Waals surface area contributed by atoms with Gasteiger partial charge in [-0.2, -0.15) is 0 Å². The highest BCUT2D eigenvalue weighted by atomic mass is 32.1. The highest BCUT2D eigenvalue weighted by molar-refractivity contribution is 7.14. The number of rotatable bonds is 5. The summed E-state index contributed by atoms with van der Waals surface area (Å²) in [5.41, 5.74) is 1.04. The van der Waals surface area contributed by atoms with Gasteiger partial charge in [-0.05, 0) is 30.9 Å². The molecule has 2 aromatic heterocycles. The van der Waals surface area contributed by atoms with Crippen LogP contribution in [0.2, 0.25) is 0 Å². The van der Waals surface area contributed by atoms with Crippen LogP contribution in [0.4, 0.5) is 16.2 Å². The monoisotopic (exact) mass is 377 g/mol. The Kier molecular flexibility index (Phi) is 6.13. The molecule has 6 nitrogen and oxygen atoms in total. The summed E-state index contributed by atoms with van der Waals surface area (Å²) >= 11 is 1.34. The Balaban J connectivity index is 2.16. The number of esters is 1. The van der Waals surface area contributed by atoms with Crippen molar-refractivity contribution in [3.05, 3.63) is 34.3 Å². The van der Waals surface area contributed by atoms with Gasteiger partial charge in [-0.15, -0.1) is 11.3 Å². The van der Waals surface area contributed by atoms with Gasteiger partial charge in [0.1, 0.15) is 4.88 Å².